The Labute approximate surface area is 161 Å². The molecule has 0 bridgehead atoms. The molecular weight excluding hydrogens is 420 g/mol. The predicted molar refractivity (Wildman–Crippen MR) is 104 cm³/mol. The SMILES string of the molecule is COCCn1c(N/N=C\c2cc(Br)ccc2O)nc2c1c(=O)[nH]c(=O)n2C. The fraction of sp³-hybridized carbons (Fsp3) is 0.250. The lowest BCUT2D eigenvalue weighted by Gasteiger charge is -2.07. The molecule has 0 aliphatic carbocycles. The van der Waals surface area contributed by atoms with Crippen LogP contribution in [0.1, 0.15) is 5.56 Å². The summed E-state index contributed by atoms with van der Waals surface area (Å²) in [5, 5.41) is 13.9. The average molecular weight is 437 g/mol. The summed E-state index contributed by atoms with van der Waals surface area (Å²) in [5.74, 6) is 0.329. The molecule has 0 amide bonds. The maximum Gasteiger partial charge on any atom is 0.329 e. The van der Waals surface area contributed by atoms with Gasteiger partial charge in [-0.2, -0.15) is 10.1 Å². The first-order chi connectivity index (χ1) is 12.9. The van der Waals surface area contributed by atoms with Gasteiger partial charge in [-0.3, -0.25) is 14.3 Å². The van der Waals surface area contributed by atoms with E-state index in [-0.39, 0.29) is 22.9 Å². The number of hydrazone groups is 1. The molecule has 0 atom stereocenters. The molecule has 3 N–H and O–H groups in total. The number of ether oxygens (including phenoxy) is 1. The molecule has 2 heterocycles. The van der Waals surface area contributed by atoms with Crippen LogP contribution in [0.3, 0.4) is 0 Å². The van der Waals surface area contributed by atoms with Crippen molar-refractivity contribution in [1.82, 2.24) is 19.1 Å². The summed E-state index contributed by atoms with van der Waals surface area (Å²) < 4.78 is 8.69. The van der Waals surface area contributed by atoms with Crippen LogP contribution in [-0.2, 0) is 18.3 Å². The molecule has 0 radical (unpaired) electrons. The van der Waals surface area contributed by atoms with Gasteiger partial charge < -0.3 is 14.4 Å². The van der Waals surface area contributed by atoms with Gasteiger partial charge in [-0.1, -0.05) is 15.9 Å². The Morgan fingerprint density at radius 3 is 2.96 bits per heavy atom. The molecule has 0 fully saturated rings. The second-order valence-corrected chi connectivity index (χ2v) is 6.56. The van der Waals surface area contributed by atoms with Crippen LogP contribution in [0.15, 0.2) is 37.4 Å². The van der Waals surface area contributed by atoms with Crippen LogP contribution >= 0.6 is 15.9 Å². The van der Waals surface area contributed by atoms with Crippen LogP contribution in [-0.4, -0.2) is 44.1 Å². The third kappa shape index (κ3) is 3.78. The third-order valence-electron chi connectivity index (χ3n) is 3.88. The van der Waals surface area contributed by atoms with Crippen LogP contribution < -0.4 is 16.7 Å². The van der Waals surface area contributed by atoms with E-state index in [9.17, 15) is 14.7 Å². The number of hydrogen-bond acceptors (Lipinski definition) is 7. The van der Waals surface area contributed by atoms with Gasteiger partial charge in [0.05, 0.1) is 12.8 Å². The Morgan fingerprint density at radius 1 is 1.44 bits per heavy atom. The van der Waals surface area contributed by atoms with Crippen LogP contribution in [0.2, 0.25) is 0 Å². The fourth-order valence-electron chi connectivity index (χ4n) is 2.51. The number of nitrogens with zero attached hydrogens (tertiary/aromatic N) is 4. The van der Waals surface area contributed by atoms with Crippen molar-refractivity contribution in [1.29, 1.82) is 0 Å². The molecule has 27 heavy (non-hydrogen) atoms. The molecule has 0 aliphatic heterocycles. The summed E-state index contributed by atoms with van der Waals surface area (Å²) in [6, 6.07) is 4.94. The zero-order valence-corrected chi connectivity index (χ0v) is 16.1. The molecule has 10 nitrogen and oxygen atoms in total. The number of phenolic OH excluding ortho intramolecular Hbond substituents is 1. The lowest BCUT2D eigenvalue weighted by molar-refractivity contribution is 0.188. The van der Waals surface area contributed by atoms with Crippen molar-refractivity contribution in [2.75, 3.05) is 19.1 Å². The molecule has 0 unspecified atom stereocenters. The molecule has 0 spiro atoms. The Morgan fingerprint density at radius 2 is 2.22 bits per heavy atom. The minimum Gasteiger partial charge on any atom is -0.507 e. The maximum atomic E-state index is 12.3. The lowest BCUT2D eigenvalue weighted by Crippen LogP contribution is -2.29. The summed E-state index contributed by atoms with van der Waals surface area (Å²) >= 11 is 3.33. The maximum absolute atomic E-state index is 12.3. The molecule has 1 aromatic carbocycles. The van der Waals surface area contributed by atoms with Crippen LogP contribution in [0.5, 0.6) is 5.75 Å². The van der Waals surface area contributed by atoms with Crippen molar-refractivity contribution in [2.45, 2.75) is 6.54 Å². The first kappa shape index (κ1) is 18.9. The highest BCUT2D eigenvalue weighted by molar-refractivity contribution is 9.10. The van der Waals surface area contributed by atoms with E-state index >= 15 is 0 Å². The van der Waals surface area contributed by atoms with Gasteiger partial charge in [-0.05, 0) is 18.2 Å². The number of aryl methyl sites for hydroxylation is 1. The summed E-state index contributed by atoms with van der Waals surface area (Å²) in [6.07, 6.45) is 1.42. The number of imidazole rings is 1. The van der Waals surface area contributed by atoms with Gasteiger partial charge in [-0.25, -0.2) is 10.2 Å². The number of benzene rings is 1. The van der Waals surface area contributed by atoms with E-state index in [1.165, 1.54) is 23.9 Å². The van der Waals surface area contributed by atoms with Crippen LogP contribution in [0.25, 0.3) is 11.2 Å². The third-order valence-corrected chi connectivity index (χ3v) is 4.38. The second kappa shape index (κ2) is 7.76. The number of nitrogens with one attached hydrogen (secondary N) is 2. The minimum atomic E-state index is -0.557. The number of aromatic amines is 1. The quantitative estimate of drug-likeness (QED) is 0.390. The zero-order chi connectivity index (χ0) is 19.6. The van der Waals surface area contributed by atoms with Gasteiger partial charge in [-0.15, -0.1) is 0 Å². The molecule has 11 heteroatoms. The van der Waals surface area contributed by atoms with E-state index in [0.29, 0.717) is 18.7 Å². The molecule has 142 valence electrons. The Balaban J connectivity index is 2.02. The van der Waals surface area contributed by atoms with Gasteiger partial charge in [0.25, 0.3) is 5.56 Å². The molecule has 3 aromatic rings. The van der Waals surface area contributed by atoms with Crippen LogP contribution in [0, 0.1) is 0 Å². The van der Waals surface area contributed by atoms with Crippen LogP contribution in [0.4, 0.5) is 5.95 Å². The highest BCUT2D eigenvalue weighted by Gasteiger charge is 2.16. The van der Waals surface area contributed by atoms with Crippen molar-refractivity contribution in [2.24, 2.45) is 12.1 Å². The number of hydrogen-bond donors (Lipinski definition) is 3. The smallest absolute Gasteiger partial charge is 0.329 e. The molecule has 2 aromatic heterocycles. The molecule has 0 aliphatic rings. The molecule has 0 saturated carbocycles. The highest BCUT2D eigenvalue weighted by Crippen LogP contribution is 2.20. The Kier molecular flexibility index (Phi) is 5.42. The monoisotopic (exact) mass is 436 g/mol. The number of anilines is 1. The van der Waals surface area contributed by atoms with E-state index in [4.69, 9.17) is 4.74 Å². The van der Waals surface area contributed by atoms with Crippen molar-refractivity contribution >= 4 is 39.3 Å². The van der Waals surface area contributed by atoms with Crippen molar-refractivity contribution in [3.63, 3.8) is 0 Å². The second-order valence-electron chi connectivity index (χ2n) is 5.64. The predicted octanol–water partition coefficient (Wildman–Crippen LogP) is 0.984. The van der Waals surface area contributed by atoms with Gasteiger partial charge >= 0.3 is 5.69 Å². The molecular formula is C16H17BrN6O4. The number of aromatic nitrogens is 4. The summed E-state index contributed by atoms with van der Waals surface area (Å²) in [5.41, 5.74) is 2.60. The van der Waals surface area contributed by atoms with E-state index in [2.05, 4.69) is 36.4 Å². The summed E-state index contributed by atoms with van der Waals surface area (Å²) in [4.78, 5) is 30.6. The average Bonchev–Trinajstić information content (AvgIpc) is 3.00. The first-order valence-electron chi connectivity index (χ1n) is 7.88. The van der Waals surface area contributed by atoms with E-state index in [1.54, 1.807) is 23.8 Å². The van der Waals surface area contributed by atoms with Gasteiger partial charge in [0.2, 0.25) is 5.95 Å². The normalized spacial score (nSPS) is 11.5. The van der Waals surface area contributed by atoms with Crippen molar-refractivity contribution < 1.29 is 9.84 Å². The summed E-state index contributed by atoms with van der Waals surface area (Å²) in [6.45, 7) is 0.660. The number of halogens is 1. The molecule has 0 saturated heterocycles. The van der Waals surface area contributed by atoms with Gasteiger partial charge in [0.15, 0.2) is 11.2 Å². The zero-order valence-electron chi connectivity index (χ0n) is 14.6. The van der Waals surface area contributed by atoms with Crippen molar-refractivity contribution in [3.8, 4) is 5.75 Å². The van der Waals surface area contributed by atoms with E-state index in [0.717, 1.165) is 4.47 Å². The van der Waals surface area contributed by atoms with E-state index < -0.39 is 11.2 Å². The Hall–Kier alpha value is -2.92. The summed E-state index contributed by atoms with van der Waals surface area (Å²) in [7, 11) is 3.06. The number of methoxy groups -OCH3 is 1. The van der Waals surface area contributed by atoms with E-state index in [1.807, 2.05) is 0 Å². The Bertz CT molecular complexity index is 1130. The lowest BCUT2D eigenvalue weighted by atomic mass is 10.2. The number of H-pyrrole nitrogens is 1. The standard InChI is InChI=1S/C16H17BrN6O4/c1-22-13-12(14(25)20-16(22)26)23(5-6-27-2)15(19-13)21-18-8-9-7-10(17)3-4-11(9)24/h3-4,7-8,24H,5-6H2,1-2H3,(H,19,21)(H,20,25,26)/b18-8-. The number of fused-ring (bicyclic) bond motifs is 1. The highest BCUT2D eigenvalue weighted by atomic mass is 79.9. The minimum absolute atomic E-state index is 0.0653. The number of aromatic hydroxyl groups is 1. The van der Waals surface area contributed by atoms with Gasteiger partial charge in [0, 0.05) is 30.7 Å². The largest absolute Gasteiger partial charge is 0.507 e. The topological polar surface area (TPSA) is 127 Å². The van der Waals surface area contributed by atoms with Crippen molar-refractivity contribution in [3.05, 3.63) is 49.1 Å². The molecule has 3 rings (SSSR count). The number of rotatable bonds is 6. The first-order valence-corrected chi connectivity index (χ1v) is 8.67. The van der Waals surface area contributed by atoms with Gasteiger partial charge in [0.1, 0.15) is 5.75 Å². The number of phenols is 1. The fourth-order valence-corrected chi connectivity index (χ4v) is 2.89.